The third-order valence-electron chi connectivity index (χ3n) is 3.63. The zero-order valence-corrected chi connectivity index (χ0v) is 12.9. The molecule has 0 saturated heterocycles. The van der Waals surface area contributed by atoms with Gasteiger partial charge in [0.1, 0.15) is 6.04 Å². The molecule has 1 amide bonds. The summed E-state index contributed by atoms with van der Waals surface area (Å²) in [5.74, 6) is -0.688. The van der Waals surface area contributed by atoms with Gasteiger partial charge in [-0.3, -0.25) is 4.79 Å². The maximum absolute atomic E-state index is 12.4. The molecule has 0 aliphatic rings. The van der Waals surface area contributed by atoms with Gasteiger partial charge in [0.25, 0.3) is 5.91 Å². The Morgan fingerprint density at radius 1 is 1.33 bits per heavy atom. The molecule has 2 atom stereocenters. The van der Waals surface area contributed by atoms with E-state index < -0.39 is 12.0 Å². The van der Waals surface area contributed by atoms with Crippen LogP contribution < -0.4 is 11.1 Å². The Kier molecular flexibility index (Phi) is 6.88. The molecule has 1 rings (SSSR count). The lowest BCUT2D eigenvalue weighted by Gasteiger charge is -2.22. The number of esters is 1. The number of carbonyl (C=O) groups is 2. The van der Waals surface area contributed by atoms with Gasteiger partial charge < -0.3 is 15.8 Å². The lowest BCUT2D eigenvalue weighted by atomic mass is 9.98. The standard InChI is InChI=1S/C16H24N2O3/c1-4-11(2)14(16(20)21-3)18-15(19)13-8-6-5-7-12(13)9-10-17/h5-8,11,14H,4,9-10,17H2,1-3H3,(H,18,19). The van der Waals surface area contributed by atoms with Crippen molar-refractivity contribution in [3.63, 3.8) is 0 Å². The van der Waals surface area contributed by atoms with Crippen LogP contribution in [0.25, 0.3) is 0 Å². The molecule has 0 saturated carbocycles. The Bertz CT molecular complexity index is 488. The number of methoxy groups -OCH3 is 1. The first kappa shape index (κ1) is 17.2. The van der Waals surface area contributed by atoms with E-state index in [9.17, 15) is 9.59 Å². The van der Waals surface area contributed by atoms with Crippen LogP contribution in [0.5, 0.6) is 0 Å². The molecule has 0 aliphatic carbocycles. The quantitative estimate of drug-likeness (QED) is 0.746. The van der Waals surface area contributed by atoms with Gasteiger partial charge in [0.2, 0.25) is 0 Å². The minimum Gasteiger partial charge on any atom is -0.467 e. The highest BCUT2D eigenvalue weighted by atomic mass is 16.5. The molecule has 0 aromatic heterocycles. The summed E-state index contributed by atoms with van der Waals surface area (Å²) in [4.78, 5) is 24.3. The largest absolute Gasteiger partial charge is 0.467 e. The molecule has 0 heterocycles. The second kappa shape index (κ2) is 8.42. The Hall–Kier alpha value is -1.88. The average molecular weight is 292 g/mol. The van der Waals surface area contributed by atoms with E-state index in [-0.39, 0.29) is 11.8 Å². The van der Waals surface area contributed by atoms with E-state index in [0.29, 0.717) is 18.5 Å². The number of carbonyl (C=O) groups excluding carboxylic acids is 2. The SMILES string of the molecule is CCC(C)C(NC(=O)c1ccccc1CCN)C(=O)OC. The Morgan fingerprint density at radius 2 is 2.00 bits per heavy atom. The van der Waals surface area contributed by atoms with Crippen LogP contribution in [0.1, 0.15) is 36.2 Å². The van der Waals surface area contributed by atoms with Crippen molar-refractivity contribution < 1.29 is 14.3 Å². The van der Waals surface area contributed by atoms with Crippen molar-refractivity contribution in [3.05, 3.63) is 35.4 Å². The monoisotopic (exact) mass is 292 g/mol. The Balaban J connectivity index is 2.94. The van der Waals surface area contributed by atoms with Crippen LogP contribution in [0.15, 0.2) is 24.3 Å². The van der Waals surface area contributed by atoms with Gasteiger partial charge in [0.05, 0.1) is 7.11 Å². The van der Waals surface area contributed by atoms with Crippen molar-refractivity contribution in [3.8, 4) is 0 Å². The second-order valence-electron chi connectivity index (χ2n) is 5.06. The molecular formula is C16H24N2O3. The molecule has 116 valence electrons. The first-order chi connectivity index (χ1) is 10.0. The minimum atomic E-state index is -0.640. The normalized spacial score (nSPS) is 13.3. The minimum absolute atomic E-state index is 0.00284. The molecule has 0 aliphatic heterocycles. The molecule has 21 heavy (non-hydrogen) atoms. The van der Waals surface area contributed by atoms with E-state index in [0.717, 1.165) is 12.0 Å². The fourth-order valence-electron chi connectivity index (χ4n) is 2.13. The third kappa shape index (κ3) is 4.56. The van der Waals surface area contributed by atoms with Crippen molar-refractivity contribution >= 4 is 11.9 Å². The highest BCUT2D eigenvalue weighted by Crippen LogP contribution is 2.13. The summed E-state index contributed by atoms with van der Waals surface area (Å²) >= 11 is 0. The predicted octanol–water partition coefficient (Wildman–Crippen LogP) is 1.51. The van der Waals surface area contributed by atoms with E-state index in [1.54, 1.807) is 12.1 Å². The van der Waals surface area contributed by atoms with E-state index >= 15 is 0 Å². The second-order valence-corrected chi connectivity index (χ2v) is 5.06. The number of amides is 1. The summed E-state index contributed by atoms with van der Waals surface area (Å²) in [5, 5.41) is 2.78. The van der Waals surface area contributed by atoms with Crippen LogP contribution in [0.2, 0.25) is 0 Å². The van der Waals surface area contributed by atoms with E-state index in [2.05, 4.69) is 5.32 Å². The first-order valence-electron chi connectivity index (χ1n) is 7.21. The zero-order valence-electron chi connectivity index (χ0n) is 12.9. The van der Waals surface area contributed by atoms with Gasteiger partial charge in [-0.15, -0.1) is 0 Å². The number of nitrogens with one attached hydrogen (secondary N) is 1. The number of hydrogen-bond donors (Lipinski definition) is 2. The van der Waals surface area contributed by atoms with Crippen molar-refractivity contribution in [1.29, 1.82) is 0 Å². The number of benzene rings is 1. The summed E-state index contributed by atoms with van der Waals surface area (Å²) in [6.45, 7) is 4.35. The summed E-state index contributed by atoms with van der Waals surface area (Å²) in [7, 11) is 1.33. The fourth-order valence-corrected chi connectivity index (χ4v) is 2.13. The van der Waals surface area contributed by atoms with E-state index in [1.807, 2.05) is 26.0 Å². The van der Waals surface area contributed by atoms with Crippen molar-refractivity contribution in [2.45, 2.75) is 32.7 Å². The van der Waals surface area contributed by atoms with E-state index in [1.165, 1.54) is 7.11 Å². The molecule has 1 aromatic carbocycles. The molecule has 0 radical (unpaired) electrons. The highest BCUT2D eigenvalue weighted by molar-refractivity contribution is 5.98. The number of nitrogens with two attached hydrogens (primary N) is 1. The van der Waals surface area contributed by atoms with Crippen LogP contribution in [-0.4, -0.2) is 31.6 Å². The van der Waals surface area contributed by atoms with Crippen molar-refractivity contribution in [2.75, 3.05) is 13.7 Å². The lowest BCUT2D eigenvalue weighted by Crippen LogP contribution is -2.45. The van der Waals surface area contributed by atoms with Crippen LogP contribution in [-0.2, 0) is 16.0 Å². The molecule has 5 nitrogen and oxygen atoms in total. The molecule has 5 heteroatoms. The molecule has 1 aromatic rings. The number of ether oxygens (including phenoxy) is 1. The lowest BCUT2D eigenvalue weighted by molar-refractivity contribution is -0.144. The van der Waals surface area contributed by atoms with Gasteiger partial charge in [0.15, 0.2) is 0 Å². The Labute approximate surface area is 125 Å². The number of rotatable bonds is 7. The molecule has 2 unspecified atom stereocenters. The maximum atomic E-state index is 12.4. The fraction of sp³-hybridized carbons (Fsp3) is 0.500. The van der Waals surface area contributed by atoms with E-state index in [4.69, 9.17) is 10.5 Å². The summed E-state index contributed by atoms with van der Waals surface area (Å²) in [6.07, 6.45) is 1.39. The average Bonchev–Trinajstić information content (AvgIpc) is 2.51. The first-order valence-corrected chi connectivity index (χ1v) is 7.21. The van der Waals surface area contributed by atoms with Crippen LogP contribution >= 0.6 is 0 Å². The van der Waals surface area contributed by atoms with Crippen molar-refractivity contribution in [1.82, 2.24) is 5.32 Å². The molecule has 3 N–H and O–H groups in total. The van der Waals surface area contributed by atoms with Crippen LogP contribution in [0.4, 0.5) is 0 Å². The van der Waals surface area contributed by atoms with Gasteiger partial charge in [-0.2, -0.15) is 0 Å². The topological polar surface area (TPSA) is 81.4 Å². The highest BCUT2D eigenvalue weighted by Gasteiger charge is 2.27. The van der Waals surface area contributed by atoms with Gasteiger partial charge in [0, 0.05) is 5.56 Å². The molecular weight excluding hydrogens is 268 g/mol. The summed E-state index contributed by atoms with van der Waals surface area (Å²) < 4.78 is 4.78. The molecule has 0 bridgehead atoms. The van der Waals surface area contributed by atoms with Gasteiger partial charge in [-0.1, -0.05) is 38.5 Å². The molecule has 0 spiro atoms. The summed E-state index contributed by atoms with van der Waals surface area (Å²) in [5.41, 5.74) is 7.00. The third-order valence-corrected chi connectivity index (χ3v) is 3.63. The zero-order chi connectivity index (χ0) is 15.8. The van der Waals surface area contributed by atoms with Gasteiger partial charge in [-0.25, -0.2) is 4.79 Å². The Morgan fingerprint density at radius 3 is 2.57 bits per heavy atom. The number of hydrogen-bond acceptors (Lipinski definition) is 4. The van der Waals surface area contributed by atoms with Gasteiger partial charge >= 0.3 is 5.97 Å². The van der Waals surface area contributed by atoms with Crippen molar-refractivity contribution in [2.24, 2.45) is 11.7 Å². The van der Waals surface area contributed by atoms with Crippen LogP contribution in [0, 0.1) is 5.92 Å². The summed E-state index contributed by atoms with van der Waals surface area (Å²) in [6, 6.07) is 6.64. The van der Waals surface area contributed by atoms with Gasteiger partial charge in [-0.05, 0) is 30.5 Å². The maximum Gasteiger partial charge on any atom is 0.328 e. The smallest absolute Gasteiger partial charge is 0.328 e. The molecule has 0 fully saturated rings. The predicted molar refractivity (Wildman–Crippen MR) is 81.9 cm³/mol. The van der Waals surface area contributed by atoms with Crippen LogP contribution in [0.3, 0.4) is 0 Å².